The maximum Gasteiger partial charge on any atom is 0.191 e. The Hall–Kier alpha value is -1.95. The normalized spacial score (nSPS) is 19.3. The molecule has 2 N–H and O–H groups in total. The van der Waals surface area contributed by atoms with Crippen molar-refractivity contribution >= 4 is 5.96 Å². The van der Waals surface area contributed by atoms with Gasteiger partial charge in [-0.1, -0.05) is 0 Å². The predicted octanol–water partition coefficient (Wildman–Crippen LogP) is 3.94. The topological polar surface area (TPSA) is 58.1 Å². The summed E-state index contributed by atoms with van der Waals surface area (Å²) in [6, 6.07) is 7.18. The van der Waals surface area contributed by atoms with Gasteiger partial charge < -0.3 is 25.0 Å². The van der Waals surface area contributed by atoms with Gasteiger partial charge in [-0.2, -0.15) is 0 Å². The molecule has 0 radical (unpaired) electrons. The molecule has 6 heteroatoms. The molecule has 2 aliphatic rings. The molecular formula is C24H40N4O2. The van der Waals surface area contributed by atoms with Gasteiger partial charge in [0.05, 0.1) is 19.8 Å². The van der Waals surface area contributed by atoms with Gasteiger partial charge in [0.25, 0.3) is 0 Å². The van der Waals surface area contributed by atoms with Gasteiger partial charge in [-0.25, -0.2) is 4.99 Å². The fraction of sp³-hybridized carbons (Fsp3) is 0.708. The highest BCUT2D eigenvalue weighted by atomic mass is 16.5. The van der Waals surface area contributed by atoms with E-state index in [0.717, 1.165) is 68.3 Å². The summed E-state index contributed by atoms with van der Waals surface area (Å²) in [5, 5.41) is 7.06. The molecule has 1 saturated heterocycles. The summed E-state index contributed by atoms with van der Waals surface area (Å²) in [5.74, 6) is 2.63. The standard InChI is InChI=1S/C24H40N4O2/c1-5-25-24(27-20-12-14-28(15-13-20)18(2)3)26-17-19-10-11-22(29-4)16-23(19)30-21-8-6-7-9-21/h10-11,16,18,20-21H,5-9,12-15,17H2,1-4H3,(H2,25,26,27). The fourth-order valence-corrected chi connectivity index (χ4v) is 4.33. The lowest BCUT2D eigenvalue weighted by Crippen LogP contribution is -2.49. The Morgan fingerprint density at radius 3 is 2.53 bits per heavy atom. The van der Waals surface area contributed by atoms with Crippen molar-refractivity contribution in [3.8, 4) is 11.5 Å². The molecule has 30 heavy (non-hydrogen) atoms. The van der Waals surface area contributed by atoms with E-state index in [4.69, 9.17) is 14.5 Å². The third kappa shape index (κ3) is 6.53. The van der Waals surface area contributed by atoms with E-state index in [1.807, 2.05) is 12.1 Å². The molecule has 0 bridgehead atoms. The van der Waals surface area contributed by atoms with Crippen molar-refractivity contribution in [2.75, 3.05) is 26.7 Å². The van der Waals surface area contributed by atoms with Gasteiger partial charge in [-0.15, -0.1) is 0 Å². The smallest absolute Gasteiger partial charge is 0.191 e. The molecule has 3 rings (SSSR count). The van der Waals surface area contributed by atoms with Crippen molar-refractivity contribution in [1.82, 2.24) is 15.5 Å². The Balaban J connectivity index is 1.64. The van der Waals surface area contributed by atoms with Crippen LogP contribution in [0.5, 0.6) is 11.5 Å². The van der Waals surface area contributed by atoms with E-state index in [9.17, 15) is 0 Å². The second kappa shape index (κ2) is 11.4. The van der Waals surface area contributed by atoms with E-state index in [0.29, 0.717) is 24.7 Å². The van der Waals surface area contributed by atoms with Crippen LogP contribution in [0.3, 0.4) is 0 Å². The molecule has 1 saturated carbocycles. The Labute approximate surface area is 182 Å². The van der Waals surface area contributed by atoms with Crippen LogP contribution < -0.4 is 20.1 Å². The first-order valence-electron chi connectivity index (χ1n) is 11.7. The number of guanidine groups is 1. The van der Waals surface area contributed by atoms with Crippen molar-refractivity contribution in [3.63, 3.8) is 0 Å². The van der Waals surface area contributed by atoms with E-state index < -0.39 is 0 Å². The molecule has 0 unspecified atom stereocenters. The molecule has 0 atom stereocenters. The number of hydrogen-bond acceptors (Lipinski definition) is 4. The minimum absolute atomic E-state index is 0.317. The molecule has 168 valence electrons. The zero-order valence-electron chi connectivity index (χ0n) is 19.2. The minimum Gasteiger partial charge on any atom is -0.497 e. The SMILES string of the molecule is CCNC(=NCc1ccc(OC)cc1OC1CCCC1)NC1CCN(C(C)C)CC1. The molecule has 1 aliphatic carbocycles. The minimum atomic E-state index is 0.317. The fourth-order valence-electron chi connectivity index (χ4n) is 4.33. The summed E-state index contributed by atoms with van der Waals surface area (Å²) < 4.78 is 11.7. The first kappa shape index (κ1) is 22.7. The van der Waals surface area contributed by atoms with Gasteiger partial charge in [0, 0.05) is 43.3 Å². The average Bonchev–Trinajstić information content (AvgIpc) is 3.26. The van der Waals surface area contributed by atoms with E-state index in [1.165, 1.54) is 12.8 Å². The molecule has 1 aromatic rings. The molecule has 1 aromatic carbocycles. The molecular weight excluding hydrogens is 376 g/mol. The van der Waals surface area contributed by atoms with Crippen LogP contribution in [0.4, 0.5) is 0 Å². The summed E-state index contributed by atoms with van der Waals surface area (Å²) in [6.07, 6.45) is 7.41. The zero-order chi connectivity index (χ0) is 21.3. The highest BCUT2D eigenvalue weighted by molar-refractivity contribution is 5.80. The van der Waals surface area contributed by atoms with Crippen molar-refractivity contribution in [2.45, 2.75) is 84.0 Å². The van der Waals surface area contributed by atoms with E-state index in [-0.39, 0.29) is 0 Å². The Kier molecular flexibility index (Phi) is 8.67. The number of rotatable bonds is 8. The van der Waals surface area contributed by atoms with E-state index >= 15 is 0 Å². The van der Waals surface area contributed by atoms with Crippen molar-refractivity contribution < 1.29 is 9.47 Å². The number of nitrogens with zero attached hydrogens (tertiary/aromatic N) is 2. The van der Waals surface area contributed by atoms with Crippen LogP contribution in [0, 0.1) is 0 Å². The molecule has 0 amide bonds. The summed E-state index contributed by atoms with van der Waals surface area (Å²) in [7, 11) is 1.70. The van der Waals surface area contributed by atoms with E-state index in [2.05, 4.69) is 42.4 Å². The number of likely N-dealkylation sites (tertiary alicyclic amines) is 1. The molecule has 6 nitrogen and oxygen atoms in total. The number of benzene rings is 1. The van der Waals surface area contributed by atoms with Crippen LogP contribution in [-0.4, -0.2) is 55.8 Å². The van der Waals surface area contributed by atoms with Gasteiger partial charge in [0.2, 0.25) is 0 Å². The monoisotopic (exact) mass is 416 g/mol. The number of ether oxygens (including phenoxy) is 2. The molecule has 0 aromatic heterocycles. The summed E-state index contributed by atoms with van der Waals surface area (Å²) in [4.78, 5) is 7.43. The van der Waals surface area contributed by atoms with Gasteiger partial charge in [0.1, 0.15) is 11.5 Å². The largest absolute Gasteiger partial charge is 0.497 e. The van der Waals surface area contributed by atoms with Gasteiger partial charge in [-0.05, 0) is 71.4 Å². The van der Waals surface area contributed by atoms with Crippen molar-refractivity contribution in [2.24, 2.45) is 4.99 Å². The molecule has 1 aliphatic heterocycles. The second-order valence-electron chi connectivity index (χ2n) is 8.74. The molecule has 2 fully saturated rings. The number of nitrogens with one attached hydrogen (secondary N) is 2. The number of piperidine rings is 1. The third-order valence-electron chi connectivity index (χ3n) is 6.22. The quantitative estimate of drug-likeness (QED) is 0.496. The first-order valence-corrected chi connectivity index (χ1v) is 11.7. The Morgan fingerprint density at radius 2 is 1.90 bits per heavy atom. The van der Waals surface area contributed by atoms with Crippen LogP contribution in [0.25, 0.3) is 0 Å². The molecule has 0 spiro atoms. The summed E-state index contributed by atoms with van der Waals surface area (Å²) in [6.45, 7) is 10.4. The highest BCUT2D eigenvalue weighted by Crippen LogP contribution is 2.30. The number of hydrogen-bond donors (Lipinski definition) is 2. The summed E-state index contributed by atoms with van der Waals surface area (Å²) in [5.41, 5.74) is 1.11. The van der Waals surface area contributed by atoms with Gasteiger partial charge in [-0.3, -0.25) is 0 Å². The van der Waals surface area contributed by atoms with Crippen LogP contribution >= 0.6 is 0 Å². The van der Waals surface area contributed by atoms with Gasteiger partial charge >= 0.3 is 0 Å². The van der Waals surface area contributed by atoms with Crippen LogP contribution in [0.2, 0.25) is 0 Å². The van der Waals surface area contributed by atoms with Crippen molar-refractivity contribution in [1.29, 1.82) is 0 Å². The summed E-state index contributed by atoms with van der Waals surface area (Å²) >= 11 is 0. The molecule has 1 heterocycles. The van der Waals surface area contributed by atoms with Crippen molar-refractivity contribution in [3.05, 3.63) is 23.8 Å². The third-order valence-corrected chi connectivity index (χ3v) is 6.22. The number of methoxy groups -OCH3 is 1. The van der Waals surface area contributed by atoms with Crippen LogP contribution in [0.15, 0.2) is 23.2 Å². The Bertz CT molecular complexity index is 678. The van der Waals surface area contributed by atoms with Crippen LogP contribution in [0.1, 0.15) is 64.9 Å². The average molecular weight is 417 g/mol. The van der Waals surface area contributed by atoms with Crippen LogP contribution in [-0.2, 0) is 6.54 Å². The lowest BCUT2D eigenvalue weighted by molar-refractivity contribution is 0.167. The number of aliphatic imine (C=N–C) groups is 1. The zero-order valence-corrected chi connectivity index (χ0v) is 19.2. The Morgan fingerprint density at radius 1 is 1.17 bits per heavy atom. The maximum absolute atomic E-state index is 6.33. The highest BCUT2D eigenvalue weighted by Gasteiger charge is 2.22. The lowest BCUT2D eigenvalue weighted by Gasteiger charge is -2.35. The van der Waals surface area contributed by atoms with E-state index in [1.54, 1.807) is 7.11 Å². The second-order valence-corrected chi connectivity index (χ2v) is 8.74. The predicted molar refractivity (Wildman–Crippen MR) is 124 cm³/mol. The van der Waals surface area contributed by atoms with Gasteiger partial charge in [0.15, 0.2) is 5.96 Å². The first-order chi connectivity index (χ1) is 14.6. The lowest BCUT2D eigenvalue weighted by atomic mass is 10.0. The maximum atomic E-state index is 6.33.